The number of carbonyl (C=O) groups is 1. The van der Waals surface area contributed by atoms with Crippen molar-refractivity contribution in [1.29, 1.82) is 0 Å². The van der Waals surface area contributed by atoms with Crippen molar-refractivity contribution in [3.63, 3.8) is 0 Å². The Hall–Kier alpha value is -2.22. The fourth-order valence-electron chi connectivity index (χ4n) is 2.96. The van der Waals surface area contributed by atoms with Crippen molar-refractivity contribution in [3.8, 4) is 0 Å². The molecule has 1 amide bonds. The highest BCUT2D eigenvalue weighted by Crippen LogP contribution is 2.18. The molecule has 0 saturated heterocycles. The number of primary amides is 1. The lowest BCUT2D eigenvalue weighted by Gasteiger charge is -2.28. The molecule has 0 aliphatic carbocycles. The maximum Gasteiger partial charge on any atom is 0.248 e. The normalized spacial score (nSPS) is 14.9. The highest BCUT2D eigenvalue weighted by Gasteiger charge is 2.17. The Morgan fingerprint density at radius 2 is 1.76 bits per heavy atom. The van der Waals surface area contributed by atoms with Gasteiger partial charge in [-0.3, -0.25) is 9.69 Å². The Kier molecular flexibility index (Phi) is 5.17. The van der Waals surface area contributed by atoms with Gasteiger partial charge in [0.2, 0.25) is 15.9 Å². The number of rotatable bonds is 6. The van der Waals surface area contributed by atoms with Crippen molar-refractivity contribution in [2.24, 2.45) is 5.73 Å². The van der Waals surface area contributed by atoms with Gasteiger partial charge in [0, 0.05) is 31.7 Å². The van der Waals surface area contributed by atoms with E-state index in [9.17, 15) is 13.2 Å². The zero-order valence-corrected chi connectivity index (χ0v) is 14.6. The second-order valence-corrected chi connectivity index (χ2v) is 7.85. The van der Waals surface area contributed by atoms with Crippen molar-refractivity contribution < 1.29 is 13.2 Å². The molecular weight excluding hydrogens is 338 g/mol. The molecule has 0 radical (unpaired) electrons. The fourth-order valence-corrected chi connectivity index (χ4v) is 3.99. The third kappa shape index (κ3) is 4.25. The van der Waals surface area contributed by atoms with Gasteiger partial charge in [0.15, 0.2) is 0 Å². The number of hydrogen-bond acceptors (Lipinski definition) is 4. The molecule has 2 aromatic carbocycles. The van der Waals surface area contributed by atoms with Crippen LogP contribution in [0.5, 0.6) is 0 Å². The van der Waals surface area contributed by atoms with Crippen LogP contribution in [0.1, 0.15) is 21.5 Å². The van der Waals surface area contributed by atoms with Gasteiger partial charge >= 0.3 is 0 Å². The molecule has 3 rings (SSSR count). The number of nitrogens with one attached hydrogen (secondary N) is 1. The largest absolute Gasteiger partial charge is 0.366 e. The predicted molar refractivity (Wildman–Crippen MR) is 95.6 cm³/mol. The minimum Gasteiger partial charge on any atom is -0.366 e. The standard InChI is InChI=1S/C18H21N3O3S/c19-18(22)15-5-7-17(8-6-15)25(23,24)20-10-12-21-11-9-14-3-1-2-4-16(14)13-21/h1-8,20H,9-13H2,(H2,19,22). The number of fused-ring (bicyclic) bond motifs is 1. The number of nitrogens with zero attached hydrogens (tertiary/aromatic N) is 1. The highest BCUT2D eigenvalue weighted by molar-refractivity contribution is 7.89. The monoisotopic (exact) mass is 359 g/mol. The molecular formula is C18H21N3O3S. The van der Waals surface area contributed by atoms with Gasteiger partial charge in [-0.15, -0.1) is 0 Å². The van der Waals surface area contributed by atoms with Crippen LogP contribution >= 0.6 is 0 Å². The second-order valence-electron chi connectivity index (χ2n) is 6.08. The van der Waals surface area contributed by atoms with Gasteiger partial charge in [-0.25, -0.2) is 13.1 Å². The van der Waals surface area contributed by atoms with Crippen molar-refractivity contribution in [2.75, 3.05) is 19.6 Å². The van der Waals surface area contributed by atoms with Crippen LogP contribution in [-0.4, -0.2) is 38.9 Å². The van der Waals surface area contributed by atoms with Crippen molar-refractivity contribution >= 4 is 15.9 Å². The smallest absolute Gasteiger partial charge is 0.248 e. The molecule has 3 N–H and O–H groups in total. The summed E-state index contributed by atoms with van der Waals surface area (Å²) in [5.41, 5.74) is 8.12. The summed E-state index contributed by atoms with van der Waals surface area (Å²) >= 11 is 0. The van der Waals surface area contributed by atoms with Crippen molar-refractivity contribution in [3.05, 3.63) is 65.2 Å². The number of sulfonamides is 1. The van der Waals surface area contributed by atoms with Crippen LogP contribution in [0.2, 0.25) is 0 Å². The Balaban J connectivity index is 1.55. The van der Waals surface area contributed by atoms with E-state index in [0.29, 0.717) is 13.1 Å². The van der Waals surface area contributed by atoms with E-state index in [-0.39, 0.29) is 10.5 Å². The zero-order chi connectivity index (χ0) is 17.9. The van der Waals surface area contributed by atoms with Gasteiger partial charge < -0.3 is 5.73 Å². The van der Waals surface area contributed by atoms with Crippen molar-refractivity contribution in [1.82, 2.24) is 9.62 Å². The Bertz CT molecular complexity index is 863. The lowest BCUT2D eigenvalue weighted by Crippen LogP contribution is -2.37. The van der Waals surface area contributed by atoms with E-state index in [1.807, 2.05) is 12.1 Å². The molecule has 0 bridgehead atoms. The molecule has 0 atom stereocenters. The number of nitrogens with two attached hydrogens (primary N) is 1. The number of benzene rings is 2. The summed E-state index contributed by atoms with van der Waals surface area (Å²) in [6, 6.07) is 13.9. The quantitative estimate of drug-likeness (QED) is 0.808. The zero-order valence-electron chi connectivity index (χ0n) is 13.8. The molecule has 6 nitrogen and oxygen atoms in total. The molecule has 0 aromatic heterocycles. The first-order chi connectivity index (χ1) is 12.0. The summed E-state index contributed by atoms with van der Waals surface area (Å²) in [6.45, 7) is 2.74. The third-order valence-electron chi connectivity index (χ3n) is 4.38. The molecule has 1 aliphatic rings. The fraction of sp³-hybridized carbons (Fsp3) is 0.278. The summed E-state index contributed by atoms with van der Waals surface area (Å²) in [6.07, 6.45) is 0.984. The summed E-state index contributed by atoms with van der Waals surface area (Å²) in [7, 11) is -3.59. The van der Waals surface area contributed by atoms with Gasteiger partial charge in [0.25, 0.3) is 0 Å². The summed E-state index contributed by atoms with van der Waals surface area (Å²) in [5.74, 6) is -0.581. The van der Waals surface area contributed by atoms with Crippen molar-refractivity contribution in [2.45, 2.75) is 17.9 Å². The molecule has 25 heavy (non-hydrogen) atoms. The number of hydrogen-bond donors (Lipinski definition) is 2. The maximum absolute atomic E-state index is 12.3. The SMILES string of the molecule is NC(=O)c1ccc(S(=O)(=O)NCCN2CCc3ccccc3C2)cc1. The molecule has 0 unspecified atom stereocenters. The van der Waals surface area contributed by atoms with E-state index in [0.717, 1.165) is 19.5 Å². The van der Waals surface area contributed by atoms with Crippen LogP contribution in [0.4, 0.5) is 0 Å². The Morgan fingerprint density at radius 1 is 1.08 bits per heavy atom. The van der Waals surface area contributed by atoms with Crippen LogP contribution < -0.4 is 10.5 Å². The van der Waals surface area contributed by atoms with Gasteiger partial charge in [0.1, 0.15) is 0 Å². The van der Waals surface area contributed by atoms with Gasteiger partial charge in [-0.2, -0.15) is 0 Å². The van der Waals surface area contributed by atoms with E-state index in [1.54, 1.807) is 0 Å². The molecule has 7 heteroatoms. The van der Waals surface area contributed by atoms with E-state index in [4.69, 9.17) is 5.73 Å². The van der Waals surface area contributed by atoms with Crippen LogP contribution in [0.15, 0.2) is 53.4 Å². The van der Waals surface area contributed by atoms with Gasteiger partial charge in [0.05, 0.1) is 4.90 Å². The summed E-state index contributed by atoms with van der Waals surface area (Å²) in [5, 5.41) is 0. The first kappa shape index (κ1) is 17.6. The van der Waals surface area contributed by atoms with E-state index in [1.165, 1.54) is 35.4 Å². The minimum atomic E-state index is -3.59. The molecule has 1 heterocycles. The Labute approximate surface area is 147 Å². The van der Waals surface area contributed by atoms with Gasteiger partial charge in [-0.1, -0.05) is 24.3 Å². The molecule has 0 saturated carbocycles. The second kappa shape index (κ2) is 7.35. The van der Waals surface area contributed by atoms with Gasteiger partial charge in [-0.05, 0) is 41.8 Å². The highest BCUT2D eigenvalue weighted by atomic mass is 32.2. The molecule has 132 valence electrons. The average Bonchev–Trinajstić information content (AvgIpc) is 2.61. The molecule has 0 spiro atoms. The third-order valence-corrected chi connectivity index (χ3v) is 5.86. The summed E-state index contributed by atoms with van der Waals surface area (Å²) < 4.78 is 27.2. The topological polar surface area (TPSA) is 92.5 Å². The molecule has 2 aromatic rings. The van der Waals surface area contributed by atoms with Crippen LogP contribution in [0.3, 0.4) is 0 Å². The van der Waals surface area contributed by atoms with E-state index < -0.39 is 15.9 Å². The molecule has 1 aliphatic heterocycles. The number of carbonyl (C=O) groups excluding carboxylic acids is 1. The van der Waals surface area contributed by atoms with E-state index in [2.05, 4.69) is 21.8 Å². The molecule has 0 fully saturated rings. The summed E-state index contributed by atoms with van der Waals surface area (Å²) in [4.78, 5) is 13.4. The minimum absolute atomic E-state index is 0.126. The van der Waals surface area contributed by atoms with Crippen LogP contribution in [0.25, 0.3) is 0 Å². The first-order valence-corrected chi connectivity index (χ1v) is 9.63. The lowest BCUT2D eigenvalue weighted by atomic mass is 10.0. The van der Waals surface area contributed by atoms with Crippen LogP contribution in [-0.2, 0) is 23.0 Å². The average molecular weight is 359 g/mol. The Morgan fingerprint density at radius 3 is 2.44 bits per heavy atom. The maximum atomic E-state index is 12.3. The lowest BCUT2D eigenvalue weighted by molar-refractivity contribution is 0.1000. The van der Waals surface area contributed by atoms with E-state index >= 15 is 0 Å². The number of amides is 1. The van der Waals surface area contributed by atoms with Crippen LogP contribution in [0, 0.1) is 0 Å². The predicted octanol–water partition coefficient (Wildman–Crippen LogP) is 1.12. The first-order valence-electron chi connectivity index (χ1n) is 8.14.